The predicted octanol–water partition coefficient (Wildman–Crippen LogP) is 3.11. The molecule has 100 valence electrons. The van der Waals surface area contributed by atoms with Crippen molar-refractivity contribution in [1.29, 1.82) is 0 Å². The van der Waals surface area contributed by atoms with Crippen molar-refractivity contribution in [2.75, 3.05) is 0 Å². The van der Waals surface area contributed by atoms with Crippen LogP contribution < -0.4 is 5.32 Å². The van der Waals surface area contributed by atoms with Crippen LogP contribution in [0, 0.1) is 0 Å². The number of aryl methyl sites for hydroxylation is 1. The average Bonchev–Trinajstić information content (AvgIpc) is 2.74. The lowest BCUT2D eigenvalue weighted by Gasteiger charge is -2.16. The summed E-state index contributed by atoms with van der Waals surface area (Å²) in [6.07, 6.45) is 13.2. The smallest absolute Gasteiger partial charge is 0.220 e. The van der Waals surface area contributed by atoms with E-state index in [-0.39, 0.29) is 5.91 Å². The van der Waals surface area contributed by atoms with Gasteiger partial charge in [-0.3, -0.25) is 4.79 Å². The topological polar surface area (TPSA) is 34.0 Å². The number of nitrogens with one attached hydrogen (secondary N) is 1. The Morgan fingerprint density at radius 2 is 1.78 bits per heavy atom. The number of rotatable bonds is 5. The van der Waals surface area contributed by atoms with Gasteiger partial charge in [0.05, 0.1) is 0 Å². The highest BCUT2D eigenvalue weighted by Crippen LogP contribution is 2.17. The molecule has 2 rings (SSSR count). The summed E-state index contributed by atoms with van der Waals surface area (Å²) >= 11 is 0. The Morgan fingerprint density at radius 3 is 2.44 bits per heavy atom. The molecule has 0 spiro atoms. The van der Waals surface area contributed by atoms with E-state index in [0.717, 1.165) is 13.0 Å². The summed E-state index contributed by atoms with van der Waals surface area (Å²) in [5.41, 5.74) is 0. The third-order valence-corrected chi connectivity index (χ3v) is 3.71. The maximum atomic E-state index is 11.8. The van der Waals surface area contributed by atoms with Crippen LogP contribution in [0.5, 0.6) is 0 Å². The fourth-order valence-electron chi connectivity index (χ4n) is 2.66. The molecule has 0 unspecified atom stereocenters. The molecule has 1 amide bonds. The number of amides is 1. The van der Waals surface area contributed by atoms with Crippen molar-refractivity contribution in [2.45, 2.75) is 64.0 Å². The van der Waals surface area contributed by atoms with Crippen LogP contribution in [0.4, 0.5) is 0 Å². The molecule has 0 aromatic carbocycles. The fourth-order valence-corrected chi connectivity index (χ4v) is 2.66. The summed E-state index contributed by atoms with van der Waals surface area (Å²) in [6.45, 7) is 0.936. The van der Waals surface area contributed by atoms with Crippen LogP contribution in [0.3, 0.4) is 0 Å². The molecule has 3 heteroatoms. The second-order valence-corrected chi connectivity index (χ2v) is 5.28. The van der Waals surface area contributed by atoms with Crippen molar-refractivity contribution in [3.05, 3.63) is 24.5 Å². The molecule has 1 aliphatic carbocycles. The van der Waals surface area contributed by atoms with Gasteiger partial charge in [-0.2, -0.15) is 0 Å². The first-order chi connectivity index (χ1) is 8.84. The lowest BCUT2D eigenvalue weighted by molar-refractivity contribution is -0.122. The summed E-state index contributed by atoms with van der Waals surface area (Å²) in [5, 5.41) is 3.19. The number of hydrogen-bond donors (Lipinski definition) is 1. The third kappa shape index (κ3) is 4.55. The van der Waals surface area contributed by atoms with Crippen molar-refractivity contribution in [2.24, 2.45) is 0 Å². The Bertz CT molecular complexity index is 337. The van der Waals surface area contributed by atoms with Crippen molar-refractivity contribution < 1.29 is 4.79 Å². The standard InChI is InChI=1S/C15H24N2O/c18-15(10-7-13-17-11-5-6-12-17)16-14-8-3-1-2-4-9-14/h5-6,11-12,14H,1-4,7-10,13H2,(H,16,18). The van der Waals surface area contributed by atoms with Gasteiger partial charge in [0.1, 0.15) is 0 Å². The maximum absolute atomic E-state index is 11.8. The first kappa shape index (κ1) is 13.2. The van der Waals surface area contributed by atoms with Gasteiger partial charge in [-0.05, 0) is 31.4 Å². The molecule has 3 nitrogen and oxygen atoms in total. The van der Waals surface area contributed by atoms with Crippen LogP contribution in [0.1, 0.15) is 51.4 Å². The van der Waals surface area contributed by atoms with E-state index >= 15 is 0 Å². The number of nitrogens with zero attached hydrogens (tertiary/aromatic N) is 1. The molecule has 0 radical (unpaired) electrons. The van der Waals surface area contributed by atoms with Gasteiger partial charge in [0.2, 0.25) is 5.91 Å². The largest absolute Gasteiger partial charge is 0.354 e. The van der Waals surface area contributed by atoms with Crippen molar-refractivity contribution in [3.63, 3.8) is 0 Å². The molecule has 0 aliphatic heterocycles. The van der Waals surface area contributed by atoms with E-state index in [1.807, 2.05) is 24.5 Å². The summed E-state index contributed by atoms with van der Waals surface area (Å²) in [5.74, 6) is 0.231. The van der Waals surface area contributed by atoms with Crippen LogP contribution in [0.2, 0.25) is 0 Å². The van der Waals surface area contributed by atoms with Gasteiger partial charge in [0, 0.05) is 31.4 Å². The highest BCUT2D eigenvalue weighted by molar-refractivity contribution is 5.76. The monoisotopic (exact) mass is 248 g/mol. The molecule has 1 aliphatic rings. The van der Waals surface area contributed by atoms with Gasteiger partial charge in [-0.1, -0.05) is 25.7 Å². The van der Waals surface area contributed by atoms with Gasteiger partial charge < -0.3 is 9.88 Å². The minimum Gasteiger partial charge on any atom is -0.354 e. The summed E-state index contributed by atoms with van der Waals surface area (Å²) in [6, 6.07) is 4.48. The van der Waals surface area contributed by atoms with Gasteiger partial charge in [0.25, 0.3) is 0 Å². The molecule has 0 atom stereocenters. The minimum atomic E-state index is 0.231. The van der Waals surface area contributed by atoms with E-state index in [1.54, 1.807) is 0 Å². The summed E-state index contributed by atoms with van der Waals surface area (Å²) in [4.78, 5) is 11.8. The number of hydrogen-bond acceptors (Lipinski definition) is 1. The quantitative estimate of drug-likeness (QED) is 0.798. The zero-order valence-corrected chi connectivity index (χ0v) is 11.1. The van der Waals surface area contributed by atoms with Crippen molar-refractivity contribution in [1.82, 2.24) is 9.88 Å². The minimum absolute atomic E-state index is 0.231. The second kappa shape index (κ2) is 7.24. The highest BCUT2D eigenvalue weighted by atomic mass is 16.1. The van der Waals surface area contributed by atoms with E-state index in [0.29, 0.717) is 12.5 Å². The molecular formula is C15H24N2O. The molecule has 0 bridgehead atoms. The van der Waals surface area contributed by atoms with E-state index in [9.17, 15) is 4.79 Å². The molecule has 1 N–H and O–H groups in total. The molecule has 0 saturated heterocycles. The Hall–Kier alpha value is -1.25. The zero-order chi connectivity index (χ0) is 12.6. The number of carbonyl (C=O) groups is 1. The fraction of sp³-hybridized carbons (Fsp3) is 0.667. The number of carbonyl (C=O) groups excluding carboxylic acids is 1. The van der Waals surface area contributed by atoms with E-state index in [1.165, 1.54) is 38.5 Å². The second-order valence-electron chi connectivity index (χ2n) is 5.28. The Balaban J connectivity index is 1.62. The van der Waals surface area contributed by atoms with Crippen LogP contribution >= 0.6 is 0 Å². The lowest BCUT2D eigenvalue weighted by atomic mass is 10.1. The van der Waals surface area contributed by atoms with Gasteiger partial charge >= 0.3 is 0 Å². The van der Waals surface area contributed by atoms with Crippen molar-refractivity contribution >= 4 is 5.91 Å². The maximum Gasteiger partial charge on any atom is 0.220 e. The van der Waals surface area contributed by atoms with Gasteiger partial charge in [-0.25, -0.2) is 0 Å². The van der Waals surface area contributed by atoms with E-state index in [4.69, 9.17) is 0 Å². The highest BCUT2D eigenvalue weighted by Gasteiger charge is 2.14. The third-order valence-electron chi connectivity index (χ3n) is 3.71. The van der Waals surface area contributed by atoms with Crippen LogP contribution in [0.15, 0.2) is 24.5 Å². The first-order valence-corrected chi connectivity index (χ1v) is 7.25. The van der Waals surface area contributed by atoms with E-state index < -0.39 is 0 Å². The van der Waals surface area contributed by atoms with E-state index in [2.05, 4.69) is 9.88 Å². The van der Waals surface area contributed by atoms with Gasteiger partial charge in [0.15, 0.2) is 0 Å². The molecule has 1 fully saturated rings. The lowest BCUT2D eigenvalue weighted by Crippen LogP contribution is -2.34. The molecule has 1 heterocycles. The average molecular weight is 248 g/mol. The molecular weight excluding hydrogens is 224 g/mol. The van der Waals surface area contributed by atoms with Crippen LogP contribution in [-0.4, -0.2) is 16.5 Å². The Morgan fingerprint density at radius 1 is 1.11 bits per heavy atom. The molecule has 18 heavy (non-hydrogen) atoms. The normalized spacial score (nSPS) is 17.3. The van der Waals surface area contributed by atoms with Crippen LogP contribution in [0.25, 0.3) is 0 Å². The SMILES string of the molecule is O=C(CCCn1cccc1)NC1CCCCCC1. The molecule has 1 aromatic rings. The predicted molar refractivity (Wildman–Crippen MR) is 73.3 cm³/mol. The summed E-state index contributed by atoms with van der Waals surface area (Å²) in [7, 11) is 0. The molecule has 1 saturated carbocycles. The summed E-state index contributed by atoms with van der Waals surface area (Å²) < 4.78 is 2.12. The van der Waals surface area contributed by atoms with Gasteiger partial charge in [-0.15, -0.1) is 0 Å². The van der Waals surface area contributed by atoms with Crippen molar-refractivity contribution in [3.8, 4) is 0 Å². The first-order valence-electron chi connectivity index (χ1n) is 7.25. The number of aromatic nitrogens is 1. The zero-order valence-electron chi connectivity index (χ0n) is 11.1. The Labute approximate surface area is 110 Å². The Kier molecular flexibility index (Phi) is 5.31. The van der Waals surface area contributed by atoms with Crippen LogP contribution in [-0.2, 0) is 11.3 Å². The molecule has 1 aromatic heterocycles.